The molecule has 0 aliphatic carbocycles. The smallest absolute Gasteiger partial charge is 0.182 e. The van der Waals surface area contributed by atoms with Gasteiger partial charge in [-0.25, -0.2) is 9.97 Å². The van der Waals surface area contributed by atoms with Gasteiger partial charge in [-0.1, -0.05) is 0 Å². The monoisotopic (exact) mass is 324 g/mol. The van der Waals surface area contributed by atoms with Crippen LogP contribution in [-0.2, 0) is 0 Å². The largest absolute Gasteiger partial charge is 0.399 e. The highest BCUT2D eigenvalue weighted by Gasteiger charge is 2.12. The predicted octanol–water partition coefficient (Wildman–Crippen LogP) is 4.25. The van der Waals surface area contributed by atoms with E-state index in [1.807, 2.05) is 48.5 Å². The first-order valence-corrected chi connectivity index (χ1v) is 8.31. The van der Waals surface area contributed by atoms with Crippen molar-refractivity contribution < 1.29 is 0 Å². The first-order chi connectivity index (χ1) is 10.7. The lowest BCUT2D eigenvalue weighted by Crippen LogP contribution is -1.84. The van der Waals surface area contributed by atoms with Crippen molar-refractivity contribution in [2.75, 3.05) is 11.5 Å². The van der Waals surface area contributed by atoms with Gasteiger partial charge in [-0.2, -0.15) is 0 Å². The molecule has 4 nitrogen and oxygen atoms in total. The molecule has 2 heterocycles. The van der Waals surface area contributed by atoms with E-state index < -0.39 is 0 Å². The molecule has 4 N–H and O–H groups in total. The molecule has 0 bridgehead atoms. The molecular formula is C16H12N4S2. The van der Waals surface area contributed by atoms with Crippen LogP contribution in [0.3, 0.4) is 0 Å². The molecule has 22 heavy (non-hydrogen) atoms. The Balaban J connectivity index is 1.73. The van der Waals surface area contributed by atoms with Crippen molar-refractivity contribution in [3.05, 3.63) is 48.5 Å². The highest BCUT2D eigenvalue weighted by molar-refractivity contribution is 7.40. The lowest BCUT2D eigenvalue weighted by atomic mass is 10.2. The van der Waals surface area contributed by atoms with Crippen LogP contribution in [0.2, 0.25) is 0 Å². The molecule has 2 aromatic heterocycles. The number of fused-ring (bicyclic) bond motifs is 1. The predicted molar refractivity (Wildman–Crippen MR) is 95.0 cm³/mol. The van der Waals surface area contributed by atoms with Crippen molar-refractivity contribution in [2.24, 2.45) is 0 Å². The van der Waals surface area contributed by atoms with Crippen molar-refractivity contribution in [1.82, 2.24) is 9.97 Å². The third-order valence-electron chi connectivity index (χ3n) is 3.29. The van der Waals surface area contributed by atoms with Gasteiger partial charge in [0.15, 0.2) is 5.65 Å². The molecule has 0 saturated heterocycles. The van der Waals surface area contributed by atoms with Crippen LogP contribution in [0.1, 0.15) is 0 Å². The molecule has 0 spiro atoms. The Hall–Kier alpha value is -2.44. The second kappa shape index (κ2) is 5.08. The van der Waals surface area contributed by atoms with Crippen molar-refractivity contribution in [3.8, 4) is 21.1 Å². The van der Waals surface area contributed by atoms with E-state index in [2.05, 4.69) is 9.97 Å². The highest BCUT2D eigenvalue weighted by atomic mass is 32.2. The van der Waals surface area contributed by atoms with Crippen LogP contribution in [0.25, 0.3) is 30.8 Å². The Morgan fingerprint density at radius 3 is 1.41 bits per heavy atom. The van der Waals surface area contributed by atoms with Gasteiger partial charge in [0, 0.05) is 22.5 Å². The fraction of sp³-hybridized carbons (Fsp3) is 0. The number of hydrogen-bond acceptors (Lipinski definition) is 6. The van der Waals surface area contributed by atoms with Gasteiger partial charge in [-0.15, -0.1) is 22.7 Å². The fourth-order valence-electron chi connectivity index (χ4n) is 2.14. The van der Waals surface area contributed by atoms with Gasteiger partial charge in [-0.05, 0) is 48.5 Å². The fourth-order valence-corrected chi connectivity index (χ4v) is 4.27. The van der Waals surface area contributed by atoms with E-state index in [4.69, 9.17) is 11.5 Å². The molecule has 0 aliphatic rings. The molecule has 4 rings (SSSR count). The minimum atomic E-state index is 0.755. The van der Waals surface area contributed by atoms with Crippen molar-refractivity contribution >= 4 is 43.7 Å². The third-order valence-corrected chi connectivity index (χ3v) is 5.57. The van der Waals surface area contributed by atoms with Crippen molar-refractivity contribution in [3.63, 3.8) is 0 Å². The summed E-state index contributed by atoms with van der Waals surface area (Å²) in [6.45, 7) is 0. The normalized spacial score (nSPS) is 11.1. The molecule has 6 heteroatoms. The van der Waals surface area contributed by atoms with Crippen molar-refractivity contribution in [1.29, 1.82) is 0 Å². The summed E-state index contributed by atoms with van der Waals surface area (Å²) >= 11 is 3.31. The molecule has 0 amide bonds. The number of nitrogen functional groups attached to an aromatic ring is 2. The van der Waals surface area contributed by atoms with E-state index in [0.717, 1.165) is 42.2 Å². The van der Waals surface area contributed by atoms with Gasteiger partial charge in [0.2, 0.25) is 0 Å². The molecule has 0 saturated carbocycles. The molecular weight excluding hydrogens is 312 g/mol. The number of rotatable bonds is 2. The number of nitrogens with two attached hydrogens (primary N) is 2. The van der Waals surface area contributed by atoms with Crippen LogP contribution in [0.15, 0.2) is 48.5 Å². The first-order valence-electron chi connectivity index (χ1n) is 6.68. The summed E-state index contributed by atoms with van der Waals surface area (Å²) in [4.78, 5) is 9.26. The lowest BCUT2D eigenvalue weighted by Gasteiger charge is -1.97. The molecule has 0 radical (unpaired) electrons. The number of hydrogen-bond donors (Lipinski definition) is 2. The average molecular weight is 324 g/mol. The molecule has 0 unspecified atom stereocenters. The number of anilines is 2. The van der Waals surface area contributed by atoms with Gasteiger partial charge >= 0.3 is 0 Å². The summed E-state index contributed by atoms with van der Waals surface area (Å²) in [7, 11) is 0. The van der Waals surface area contributed by atoms with Crippen molar-refractivity contribution in [2.45, 2.75) is 0 Å². The minimum Gasteiger partial charge on any atom is -0.399 e. The maximum atomic E-state index is 5.72. The molecule has 4 aromatic rings. The summed E-state index contributed by atoms with van der Waals surface area (Å²) < 4.78 is 1.12. The maximum absolute atomic E-state index is 5.72. The molecule has 0 aliphatic heterocycles. The van der Waals surface area contributed by atoms with Crippen LogP contribution in [-0.4, -0.2) is 9.97 Å². The van der Waals surface area contributed by atoms with E-state index in [1.165, 1.54) is 0 Å². The van der Waals surface area contributed by atoms with E-state index in [-0.39, 0.29) is 0 Å². The van der Waals surface area contributed by atoms with Gasteiger partial charge < -0.3 is 11.5 Å². The quantitative estimate of drug-likeness (QED) is 0.540. The zero-order valence-electron chi connectivity index (χ0n) is 11.5. The second-order valence-corrected chi connectivity index (χ2v) is 7.15. The number of aromatic nitrogens is 2. The standard InChI is InChI=1S/C16H12N4S2/c17-11-5-1-9(2-6-11)14-19-13-16(21-14)22-15(20-13)10-3-7-12(18)8-4-10/h1-8H,17-18H2. The van der Waals surface area contributed by atoms with Crippen LogP contribution in [0.4, 0.5) is 11.4 Å². The van der Waals surface area contributed by atoms with E-state index in [9.17, 15) is 0 Å². The van der Waals surface area contributed by atoms with Crippen LogP contribution >= 0.6 is 22.7 Å². The Morgan fingerprint density at radius 1 is 0.636 bits per heavy atom. The Bertz CT molecular complexity index is 830. The third kappa shape index (κ3) is 2.32. The second-order valence-electron chi connectivity index (χ2n) is 4.89. The van der Waals surface area contributed by atoms with Gasteiger partial charge in [0.05, 0.1) is 0 Å². The van der Waals surface area contributed by atoms with E-state index in [1.54, 1.807) is 22.7 Å². The summed E-state index contributed by atoms with van der Waals surface area (Å²) in [5.41, 5.74) is 15.9. The molecule has 2 aromatic carbocycles. The molecule has 108 valence electrons. The van der Waals surface area contributed by atoms with E-state index in [0.29, 0.717) is 0 Å². The SMILES string of the molecule is Nc1ccc(-c2nc3nc(-c4ccc(N)cc4)sc3s2)cc1. The molecule has 0 atom stereocenters. The summed E-state index contributed by atoms with van der Waals surface area (Å²) in [6.07, 6.45) is 0. The first kappa shape index (κ1) is 13.2. The maximum Gasteiger partial charge on any atom is 0.182 e. The van der Waals surface area contributed by atoms with Crippen LogP contribution in [0, 0.1) is 0 Å². The van der Waals surface area contributed by atoms with E-state index >= 15 is 0 Å². The number of benzene rings is 2. The zero-order chi connectivity index (χ0) is 15.1. The topological polar surface area (TPSA) is 77.8 Å². The van der Waals surface area contributed by atoms with Gasteiger partial charge in [0.1, 0.15) is 14.0 Å². The summed E-state index contributed by atoms with van der Waals surface area (Å²) in [6, 6.07) is 15.5. The Labute approximate surface area is 135 Å². The highest BCUT2D eigenvalue weighted by Crippen LogP contribution is 2.37. The Kier molecular flexibility index (Phi) is 3.06. The van der Waals surface area contributed by atoms with Gasteiger partial charge in [0.25, 0.3) is 0 Å². The van der Waals surface area contributed by atoms with Gasteiger partial charge in [-0.3, -0.25) is 0 Å². The number of nitrogens with zero attached hydrogens (tertiary/aromatic N) is 2. The number of thiazole rings is 2. The zero-order valence-corrected chi connectivity index (χ0v) is 13.1. The lowest BCUT2D eigenvalue weighted by molar-refractivity contribution is 1.36. The minimum absolute atomic E-state index is 0.755. The molecule has 0 fully saturated rings. The van der Waals surface area contributed by atoms with Crippen LogP contribution in [0.5, 0.6) is 0 Å². The Morgan fingerprint density at radius 2 is 1.05 bits per heavy atom. The van der Waals surface area contributed by atoms with Crippen LogP contribution < -0.4 is 11.5 Å². The average Bonchev–Trinajstić information content (AvgIpc) is 3.07. The summed E-state index contributed by atoms with van der Waals surface area (Å²) in [5, 5.41) is 1.94. The summed E-state index contributed by atoms with van der Waals surface area (Å²) in [5.74, 6) is 0.